The van der Waals surface area contributed by atoms with Crippen LogP contribution >= 0.6 is 11.6 Å². The molecule has 0 spiro atoms. The van der Waals surface area contributed by atoms with Gasteiger partial charge in [0.2, 0.25) is 0 Å². The van der Waals surface area contributed by atoms with E-state index in [1.807, 2.05) is 0 Å². The molecule has 1 aromatic carbocycles. The van der Waals surface area contributed by atoms with Gasteiger partial charge in [0.15, 0.2) is 17.3 Å². The van der Waals surface area contributed by atoms with Crippen LogP contribution < -0.4 is 15.2 Å². The molecule has 0 unspecified atom stereocenters. The van der Waals surface area contributed by atoms with Crippen LogP contribution in [0.3, 0.4) is 0 Å². The van der Waals surface area contributed by atoms with Gasteiger partial charge in [-0.25, -0.2) is 0 Å². The standard InChI is InChI=1S/C11H12ClNO3/c12-10-7(8(14)6-13)2-3-9-11(10)16-5-1-4-15-9/h2-3H,1,4-6,13H2. The van der Waals surface area contributed by atoms with Crippen molar-refractivity contribution in [3.63, 3.8) is 0 Å². The molecule has 0 saturated carbocycles. The second-order valence-corrected chi connectivity index (χ2v) is 3.81. The summed E-state index contributed by atoms with van der Waals surface area (Å²) >= 11 is 6.09. The smallest absolute Gasteiger partial charge is 0.180 e. The van der Waals surface area contributed by atoms with Gasteiger partial charge in [0, 0.05) is 12.0 Å². The normalized spacial score (nSPS) is 14.4. The fraction of sp³-hybridized carbons (Fsp3) is 0.364. The molecule has 0 fully saturated rings. The summed E-state index contributed by atoms with van der Waals surface area (Å²) in [5, 5.41) is 0.287. The lowest BCUT2D eigenvalue weighted by Gasteiger charge is -2.11. The highest BCUT2D eigenvalue weighted by atomic mass is 35.5. The molecule has 0 radical (unpaired) electrons. The average molecular weight is 242 g/mol. The number of carbonyl (C=O) groups is 1. The molecule has 1 aromatic rings. The molecule has 1 heterocycles. The van der Waals surface area contributed by atoms with Gasteiger partial charge in [-0.1, -0.05) is 11.6 Å². The van der Waals surface area contributed by atoms with E-state index in [0.717, 1.165) is 6.42 Å². The van der Waals surface area contributed by atoms with Gasteiger partial charge in [-0.05, 0) is 12.1 Å². The number of nitrogens with two attached hydrogens (primary N) is 1. The molecule has 0 bridgehead atoms. The van der Waals surface area contributed by atoms with Crippen molar-refractivity contribution in [2.24, 2.45) is 5.73 Å². The summed E-state index contributed by atoms with van der Waals surface area (Å²) in [4.78, 5) is 11.5. The van der Waals surface area contributed by atoms with Gasteiger partial charge in [0.25, 0.3) is 0 Å². The molecule has 1 aliphatic heterocycles. The highest BCUT2D eigenvalue weighted by molar-refractivity contribution is 6.35. The van der Waals surface area contributed by atoms with Crippen molar-refractivity contribution in [2.45, 2.75) is 6.42 Å². The van der Waals surface area contributed by atoms with Gasteiger partial charge in [-0.3, -0.25) is 4.79 Å². The monoisotopic (exact) mass is 241 g/mol. The number of rotatable bonds is 2. The van der Waals surface area contributed by atoms with E-state index in [1.54, 1.807) is 12.1 Å². The fourth-order valence-corrected chi connectivity index (χ4v) is 1.84. The first-order valence-electron chi connectivity index (χ1n) is 5.05. The van der Waals surface area contributed by atoms with Crippen molar-refractivity contribution in [2.75, 3.05) is 19.8 Å². The minimum Gasteiger partial charge on any atom is -0.490 e. The van der Waals surface area contributed by atoms with Gasteiger partial charge in [0.05, 0.1) is 24.8 Å². The Morgan fingerprint density at radius 2 is 2.12 bits per heavy atom. The minimum absolute atomic E-state index is 0.0701. The largest absolute Gasteiger partial charge is 0.490 e. The van der Waals surface area contributed by atoms with Crippen LogP contribution in [0.4, 0.5) is 0 Å². The van der Waals surface area contributed by atoms with E-state index in [2.05, 4.69) is 0 Å². The lowest BCUT2D eigenvalue weighted by Crippen LogP contribution is -2.14. The molecule has 0 aromatic heterocycles. The zero-order chi connectivity index (χ0) is 11.5. The molecule has 16 heavy (non-hydrogen) atoms. The Morgan fingerprint density at radius 1 is 1.38 bits per heavy atom. The number of fused-ring (bicyclic) bond motifs is 1. The molecular weight excluding hydrogens is 230 g/mol. The maximum absolute atomic E-state index is 11.5. The van der Waals surface area contributed by atoms with Crippen LogP contribution in [0.5, 0.6) is 11.5 Å². The minimum atomic E-state index is -0.208. The number of hydrogen-bond acceptors (Lipinski definition) is 4. The highest BCUT2D eigenvalue weighted by Gasteiger charge is 2.19. The summed E-state index contributed by atoms with van der Waals surface area (Å²) in [6.07, 6.45) is 0.797. The molecular formula is C11H12ClNO3. The number of Topliss-reactive ketones (excluding diaryl/α,β-unsaturated/α-hetero) is 1. The number of benzene rings is 1. The van der Waals surface area contributed by atoms with E-state index in [4.69, 9.17) is 26.8 Å². The number of carbonyl (C=O) groups excluding carboxylic acids is 1. The molecule has 0 amide bonds. The zero-order valence-electron chi connectivity index (χ0n) is 8.66. The summed E-state index contributed by atoms with van der Waals surface area (Å²) in [5.74, 6) is 0.815. The third-order valence-corrected chi connectivity index (χ3v) is 2.71. The Bertz CT molecular complexity index is 420. The van der Waals surface area contributed by atoms with Crippen molar-refractivity contribution < 1.29 is 14.3 Å². The average Bonchev–Trinajstić information content (AvgIpc) is 2.54. The first-order chi connectivity index (χ1) is 7.74. The quantitative estimate of drug-likeness (QED) is 0.800. The Hall–Kier alpha value is -1.26. The van der Waals surface area contributed by atoms with E-state index in [0.29, 0.717) is 30.3 Å². The molecule has 2 N–H and O–H groups in total. The number of ether oxygens (including phenoxy) is 2. The topological polar surface area (TPSA) is 61.6 Å². The van der Waals surface area contributed by atoms with E-state index >= 15 is 0 Å². The molecule has 5 heteroatoms. The van der Waals surface area contributed by atoms with E-state index in [1.165, 1.54) is 0 Å². The summed E-state index contributed by atoms with van der Waals surface area (Å²) < 4.78 is 10.9. The highest BCUT2D eigenvalue weighted by Crippen LogP contribution is 2.39. The third kappa shape index (κ3) is 1.99. The molecule has 1 aliphatic rings. The Labute approximate surface area is 98.3 Å². The molecule has 86 valence electrons. The second kappa shape index (κ2) is 4.72. The van der Waals surface area contributed by atoms with Gasteiger partial charge >= 0.3 is 0 Å². The third-order valence-electron chi connectivity index (χ3n) is 2.34. The van der Waals surface area contributed by atoms with Crippen LogP contribution in [-0.4, -0.2) is 25.5 Å². The van der Waals surface area contributed by atoms with Crippen molar-refractivity contribution >= 4 is 17.4 Å². The Balaban J connectivity index is 2.45. The van der Waals surface area contributed by atoms with Crippen molar-refractivity contribution in [1.29, 1.82) is 0 Å². The van der Waals surface area contributed by atoms with E-state index < -0.39 is 0 Å². The Morgan fingerprint density at radius 3 is 2.88 bits per heavy atom. The van der Waals surface area contributed by atoms with E-state index in [9.17, 15) is 4.79 Å². The molecule has 0 atom stereocenters. The Kier molecular flexibility index (Phi) is 3.31. The summed E-state index contributed by atoms with van der Waals surface area (Å²) in [5.41, 5.74) is 5.68. The molecule has 0 saturated heterocycles. The first kappa shape index (κ1) is 11.2. The predicted molar refractivity (Wildman–Crippen MR) is 60.4 cm³/mol. The van der Waals surface area contributed by atoms with Gasteiger partial charge in [0.1, 0.15) is 0 Å². The maximum atomic E-state index is 11.5. The fourth-order valence-electron chi connectivity index (χ4n) is 1.53. The second-order valence-electron chi connectivity index (χ2n) is 3.43. The molecule has 2 rings (SSSR count). The number of hydrogen-bond donors (Lipinski definition) is 1. The lowest BCUT2D eigenvalue weighted by molar-refractivity contribution is 0.100. The van der Waals surface area contributed by atoms with Gasteiger partial charge < -0.3 is 15.2 Å². The van der Waals surface area contributed by atoms with Crippen LogP contribution in [0.2, 0.25) is 5.02 Å². The zero-order valence-corrected chi connectivity index (χ0v) is 9.42. The van der Waals surface area contributed by atoms with Crippen LogP contribution in [0.15, 0.2) is 12.1 Å². The van der Waals surface area contributed by atoms with Crippen molar-refractivity contribution in [3.8, 4) is 11.5 Å². The van der Waals surface area contributed by atoms with Crippen LogP contribution in [-0.2, 0) is 0 Å². The summed E-state index contributed by atoms with van der Waals surface area (Å²) in [7, 11) is 0. The van der Waals surface area contributed by atoms with Crippen LogP contribution in [0, 0.1) is 0 Å². The number of ketones is 1. The lowest BCUT2D eigenvalue weighted by atomic mass is 10.1. The van der Waals surface area contributed by atoms with Gasteiger partial charge in [-0.2, -0.15) is 0 Å². The summed E-state index contributed by atoms with van der Waals surface area (Å²) in [6, 6.07) is 3.31. The summed E-state index contributed by atoms with van der Waals surface area (Å²) in [6.45, 7) is 1.06. The SMILES string of the molecule is NCC(=O)c1ccc2c(c1Cl)OCCCO2. The van der Waals surface area contributed by atoms with Crippen molar-refractivity contribution in [3.05, 3.63) is 22.7 Å². The first-order valence-corrected chi connectivity index (χ1v) is 5.43. The van der Waals surface area contributed by atoms with Crippen LogP contribution in [0.25, 0.3) is 0 Å². The van der Waals surface area contributed by atoms with Crippen LogP contribution in [0.1, 0.15) is 16.8 Å². The predicted octanol–water partition coefficient (Wildman–Crippen LogP) is 1.64. The maximum Gasteiger partial charge on any atom is 0.180 e. The number of halogens is 1. The van der Waals surface area contributed by atoms with Gasteiger partial charge in [-0.15, -0.1) is 0 Å². The molecule has 0 aliphatic carbocycles. The van der Waals surface area contributed by atoms with E-state index in [-0.39, 0.29) is 17.4 Å². The van der Waals surface area contributed by atoms with Crippen molar-refractivity contribution in [1.82, 2.24) is 0 Å². The molecule has 4 nitrogen and oxygen atoms in total.